The van der Waals surface area contributed by atoms with Crippen LogP contribution in [0.5, 0.6) is 23.1 Å². The van der Waals surface area contributed by atoms with Crippen LogP contribution in [0.15, 0.2) is 30.6 Å². The lowest BCUT2D eigenvalue weighted by molar-refractivity contribution is -0.275. The lowest BCUT2D eigenvalue weighted by Crippen LogP contribution is -2.17. The summed E-state index contributed by atoms with van der Waals surface area (Å²) in [6.45, 7) is 0. The second-order valence-electron chi connectivity index (χ2n) is 3.60. The first-order chi connectivity index (χ1) is 9.90. The molecular formula is C12H8ClF3N2O3. The molecule has 2 aromatic rings. The van der Waals surface area contributed by atoms with Crippen molar-refractivity contribution in [3.05, 3.63) is 35.7 Å². The van der Waals surface area contributed by atoms with Gasteiger partial charge in [-0.2, -0.15) is 4.98 Å². The van der Waals surface area contributed by atoms with Crippen LogP contribution < -0.4 is 14.2 Å². The zero-order chi connectivity index (χ0) is 15.5. The van der Waals surface area contributed by atoms with E-state index >= 15 is 0 Å². The van der Waals surface area contributed by atoms with E-state index in [1.165, 1.54) is 25.3 Å². The standard InChI is InChI=1S/C12H8ClF3N2O3/c1-19-9-10(13)17-6-18-11(9)20-7-4-2-3-5-8(7)21-12(14,15)16/h2-6H,1H3. The number of ether oxygens (including phenoxy) is 3. The Bertz CT molecular complexity index is 637. The van der Waals surface area contributed by atoms with E-state index in [0.717, 1.165) is 12.4 Å². The molecular weight excluding hydrogens is 313 g/mol. The van der Waals surface area contributed by atoms with Gasteiger partial charge in [0.15, 0.2) is 16.7 Å². The minimum atomic E-state index is -4.84. The van der Waals surface area contributed by atoms with Gasteiger partial charge in [-0.3, -0.25) is 0 Å². The maximum atomic E-state index is 12.3. The molecule has 1 heterocycles. The van der Waals surface area contributed by atoms with Gasteiger partial charge >= 0.3 is 6.36 Å². The van der Waals surface area contributed by atoms with Crippen LogP contribution in [0.2, 0.25) is 5.15 Å². The molecule has 5 nitrogen and oxygen atoms in total. The number of methoxy groups -OCH3 is 1. The predicted molar refractivity (Wildman–Crippen MR) is 66.8 cm³/mol. The molecule has 21 heavy (non-hydrogen) atoms. The Balaban J connectivity index is 2.34. The molecule has 0 atom stereocenters. The molecule has 0 saturated carbocycles. The fourth-order valence-electron chi connectivity index (χ4n) is 1.43. The van der Waals surface area contributed by atoms with Crippen molar-refractivity contribution in [3.63, 3.8) is 0 Å². The molecule has 1 aromatic heterocycles. The number of halogens is 4. The van der Waals surface area contributed by atoms with Crippen molar-refractivity contribution in [1.82, 2.24) is 9.97 Å². The zero-order valence-electron chi connectivity index (χ0n) is 10.5. The summed E-state index contributed by atoms with van der Waals surface area (Å²) in [7, 11) is 1.30. The van der Waals surface area contributed by atoms with Crippen LogP contribution in [0.25, 0.3) is 0 Å². The van der Waals surface area contributed by atoms with Gasteiger partial charge < -0.3 is 14.2 Å². The van der Waals surface area contributed by atoms with Crippen LogP contribution in [0.1, 0.15) is 0 Å². The van der Waals surface area contributed by atoms with Crippen molar-refractivity contribution in [3.8, 4) is 23.1 Å². The third kappa shape index (κ3) is 3.88. The second-order valence-corrected chi connectivity index (χ2v) is 3.96. The van der Waals surface area contributed by atoms with Gasteiger partial charge in [0.25, 0.3) is 5.88 Å². The molecule has 0 radical (unpaired) electrons. The fraction of sp³-hybridized carbons (Fsp3) is 0.167. The van der Waals surface area contributed by atoms with E-state index in [4.69, 9.17) is 21.1 Å². The number of hydrogen-bond donors (Lipinski definition) is 0. The molecule has 0 aliphatic carbocycles. The number of rotatable bonds is 4. The largest absolute Gasteiger partial charge is 0.573 e. The summed E-state index contributed by atoms with van der Waals surface area (Å²) < 4.78 is 51.0. The summed E-state index contributed by atoms with van der Waals surface area (Å²) in [4.78, 5) is 7.44. The topological polar surface area (TPSA) is 53.5 Å². The molecule has 0 aliphatic heterocycles. The number of benzene rings is 1. The van der Waals surface area contributed by atoms with Crippen molar-refractivity contribution in [2.45, 2.75) is 6.36 Å². The van der Waals surface area contributed by atoms with E-state index in [1.807, 2.05) is 0 Å². The SMILES string of the molecule is COc1c(Cl)ncnc1Oc1ccccc1OC(F)(F)F. The van der Waals surface area contributed by atoms with E-state index in [9.17, 15) is 13.2 Å². The Hall–Kier alpha value is -2.22. The first kappa shape index (κ1) is 15.2. The van der Waals surface area contributed by atoms with Crippen molar-refractivity contribution in [2.24, 2.45) is 0 Å². The first-order valence-corrected chi connectivity index (χ1v) is 5.85. The van der Waals surface area contributed by atoms with Crippen molar-refractivity contribution < 1.29 is 27.4 Å². The van der Waals surface area contributed by atoms with Gasteiger partial charge in [0.1, 0.15) is 6.33 Å². The van der Waals surface area contributed by atoms with Crippen molar-refractivity contribution in [1.29, 1.82) is 0 Å². The van der Waals surface area contributed by atoms with Crippen LogP contribution in [-0.4, -0.2) is 23.4 Å². The lowest BCUT2D eigenvalue weighted by atomic mass is 10.3. The first-order valence-electron chi connectivity index (χ1n) is 5.48. The molecule has 0 spiro atoms. The second kappa shape index (κ2) is 6.04. The van der Waals surface area contributed by atoms with Gasteiger partial charge in [0, 0.05) is 0 Å². The highest BCUT2D eigenvalue weighted by Crippen LogP contribution is 2.38. The van der Waals surface area contributed by atoms with E-state index in [2.05, 4.69) is 14.7 Å². The van der Waals surface area contributed by atoms with Crippen LogP contribution in [-0.2, 0) is 0 Å². The van der Waals surface area contributed by atoms with Crippen LogP contribution in [0.3, 0.4) is 0 Å². The third-order valence-electron chi connectivity index (χ3n) is 2.21. The highest BCUT2D eigenvalue weighted by atomic mass is 35.5. The Morgan fingerprint density at radius 1 is 1.10 bits per heavy atom. The van der Waals surface area contributed by atoms with Gasteiger partial charge in [0.05, 0.1) is 7.11 Å². The molecule has 2 rings (SSSR count). The van der Waals surface area contributed by atoms with E-state index in [1.54, 1.807) is 0 Å². The molecule has 0 amide bonds. The molecule has 0 bridgehead atoms. The molecule has 0 aliphatic rings. The van der Waals surface area contributed by atoms with E-state index in [0.29, 0.717) is 0 Å². The molecule has 1 aromatic carbocycles. The summed E-state index contributed by atoms with van der Waals surface area (Å²) in [6, 6.07) is 5.25. The molecule has 9 heteroatoms. The Morgan fingerprint density at radius 3 is 2.38 bits per heavy atom. The Kier molecular flexibility index (Phi) is 4.37. The minimum absolute atomic E-state index is 0.000906. The summed E-state index contributed by atoms with van der Waals surface area (Å²) in [5.41, 5.74) is 0. The molecule has 0 saturated heterocycles. The summed E-state index contributed by atoms with van der Waals surface area (Å²) in [5.74, 6) is -0.832. The fourth-order valence-corrected chi connectivity index (χ4v) is 1.63. The Labute approximate surface area is 122 Å². The molecule has 0 unspecified atom stereocenters. The number of para-hydroxylation sites is 2. The average Bonchev–Trinajstić information content (AvgIpc) is 2.40. The number of aromatic nitrogens is 2. The highest BCUT2D eigenvalue weighted by molar-refractivity contribution is 6.31. The Morgan fingerprint density at radius 2 is 1.76 bits per heavy atom. The van der Waals surface area contributed by atoms with E-state index in [-0.39, 0.29) is 22.5 Å². The zero-order valence-corrected chi connectivity index (χ0v) is 11.3. The lowest BCUT2D eigenvalue weighted by Gasteiger charge is -2.14. The summed E-state index contributed by atoms with van der Waals surface area (Å²) >= 11 is 5.77. The summed E-state index contributed by atoms with van der Waals surface area (Å²) in [5, 5.41) is -0.0308. The van der Waals surface area contributed by atoms with Gasteiger partial charge in [-0.05, 0) is 12.1 Å². The normalized spacial score (nSPS) is 11.1. The van der Waals surface area contributed by atoms with Gasteiger partial charge in [-0.25, -0.2) is 4.98 Å². The average molecular weight is 321 g/mol. The maximum absolute atomic E-state index is 12.3. The molecule has 0 fully saturated rings. The predicted octanol–water partition coefficient (Wildman–Crippen LogP) is 3.83. The highest BCUT2D eigenvalue weighted by Gasteiger charge is 2.32. The molecule has 112 valence electrons. The number of hydrogen-bond acceptors (Lipinski definition) is 5. The minimum Gasteiger partial charge on any atom is -0.489 e. The van der Waals surface area contributed by atoms with Crippen LogP contribution in [0.4, 0.5) is 13.2 Å². The van der Waals surface area contributed by atoms with Crippen molar-refractivity contribution >= 4 is 11.6 Å². The number of alkyl halides is 3. The maximum Gasteiger partial charge on any atom is 0.573 e. The van der Waals surface area contributed by atoms with Crippen LogP contribution >= 0.6 is 11.6 Å². The molecule has 0 N–H and O–H groups in total. The van der Waals surface area contributed by atoms with Crippen molar-refractivity contribution in [2.75, 3.05) is 7.11 Å². The van der Waals surface area contributed by atoms with E-state index < -0.39 is 12.1 Å². The summed E-state index contributed by atoms with van der Waals surface area (Å²) in [6.07, 6.45) is -3.75. The quantitative estimate of drug-likeness (QED) is 0.801. The third-order valence-corrected chi connectivity index (χ3v) is 2.48. The van der Waals surface area contributed by atoms with Crippen LogP contribution in [0, 0.1) is 0 Å². The van der Waals surface area contributed by atoms with Gasteiger partial charge in [-0.1, -0.05) is 23.7 Å². The monoisotopic (exact) mass is 320 g/mol. The number of nitrogens with zero attached hydrogens (tertiary/aromatic N) is 2. The smallest absolute Gasteiger partial charge is 0.489 e. The van der Waals surface area contributed by atoms with Gasteiger partial charge in [-0.15, -0.1) is 13.2 Å². The van der Waals surface area contributed by atoms with Gasteiger partial charge in [0.2, 0.25) is 5.75 Å².